The number of aliphatic hydroxyl groups excluding tert-OH is 1. The quantitative estimate of drug-likeness (QED) is 0.0358. The molecule has 2 aliphatic rings. The van der Waals surface area contributed by atoms with Gasteiger partial charge in [-0.1, -0.05) is 57.2 Å². The molecule has 0 bridgehead atoms. The van der Waals surface area contributed by atoms with Gasteiger partial charge in [-0.3, -0.25) is 28.8 Å². The molecule has 2 aromatic carbocycles. The number of aryl methyl sites for hydroxylation is 2. The molecule has 0 aliphatic carbocycles. The number of aliphatic hydroxyl groups is 1. The fourth-order valence-corrected chi connectivity index (χ4v) is 10.1. The lowest BCUT2D eigenvalue weighted by Gasteiger charge is -2.35. The molecule has 7 rings (SSSR count). The number of primary amides is 1. The first kappa shape index (κ1) is 62.1. The number of nitrogens with two attached hydrogens (primary N) is 1. The van der Waals surface area contributed by atoms with E-state index in [0.717, 1.165) is 33.8 Å². The lowest BCUT2D eigenvalue weighted by molar-refractivity contribution is -0.274. The molecule has 0 saturated carbocycles. The Morgan fingerprint density at radius 1 is 0.878 bits per heavy atom. The number of piperidine rings is 1. The molecule has 2 fully saturated rings. The van der Waals surface area contributed by atoms with Crippen molar-refractivity contribution >= 4 is 46.8 Å². The van der Waals surface area contributed by atoms with E-state index in [2.05, 4.69) is 35.6 Å². The highest BCUT2D eigenvalue weighted by atomic mass is 32.1. The highest BCUT2D eigenvalue weighted by molar-refractivity contribution is 7.13. The third kappa shape index (κ3) is 18.0. The fraction of sp³-hybridized carbons (Fsp3) is 0.482. The summed E-state index contributed by atoms with van der Waals surface area (Å²) in [5.41, 5.74) is 10.8. The summed E-state index contributed by atoms with van der Waals surface area (Å²) in [4.78, 5) is 95.1. The summed E-state index contributed by atoms with van der Waals surface area (Å²) >= 11 is 1.55. The largest absolute Gasteiger partial charge is 0.573 e. The first-order valence-corrected chi connectivity index (χ1v) is 27.6. The Kier molecular flexibility index (Phi) is 21.5. The van der Waals surface area contributed by atoms with Crippen LogP contribution >= 0.6 is 11.3 Å². The number of hydrogen-bond donors (Lipinski definition) is 5. The van der Waals surface area contributed by atoms with Crippen molar-refractivity contribution in [1.82, 2.24) is 45.3 Å². The Hall–Kier alpha value is -7.55. The molecule has 3 aromatic heterocycles. The van der Waals surface area contributed by atoms with Crippen LogP contribution in [0, 0.1) is 12.3 Å². The molecule has 0 unspecified atom stereocenters. The molecule has 6 N–H and O–H groups in total. The van der Waals surface area contributed by atoms with Crippen molar-refractivity contribution in [3.63, 3.8) is 0 Å². The number of thiazole rings is 1. The maximum Gasteiger partial charge on any atom is 0.573 e. The number of nitrogens with zero attached hydrogens (tertiary/aromatic N) is 6. The molecule has 82 heavy (non-hydrogen) atoms. The number of nitrogens with one attached hydrogen (secondary N) is 3. The number of halogens is 4. The number of amides is 6. The SMILES string of the molecule is Cc1ncsc1-c1ccc(CNC(=O)[C@@H]2C[C@@H](O)CN2C(=O)[C@@H](NC(=O)CCOCCOCCNC(=O)CCCn2cnc(-c3cnc(O[C@@H]4CCN(C(=O)Cc5ccc(OC(F)(F)F)cc5)C[C@H]4F)c(C(N)=O)c3)c2)C(C)(C)C)cc1. The van der Waals surface area contributed by atoms with Crippen LogP contribution in [0.2, 0.25) is 0 Å². The Balaban J connectivity index is 0.747. The highest BCUT2D eigenvalue weighted by Gasteiger charge is 2.44. The maximum atomic E-state index is 15.4. The minimum absolute atomic E-state index is 0.0403. The van der Waals surface area contributed by atoms with E-state index in [1.807, 2.05) is 52.0 Å². The average Bonchev–Trinajstić information content (AvgIpc) is 4.38. The molecule has 0 radical (unpaired) electrons. The molecular weight excluding hydrogens is 1100 g/mol. The number of aromatic nitrogens is 4. The van der Waals surface area contributed by atoms with E-state index >= 15 is 4.39 Å². The van der Waals surface area contributed by atoms with Gasteiger partial charge in [-0.25, -0.2) is 19.3 Å². The Morgan fingerprint density at radius 3 is 2.27 bits per heavy atom. The number of likely N-dealkylation sites (tertiary alicyclic amines) is 2. The molecule has 26 heteroatoms. The van der Waals surface area contributed by atoms with Gasteiger partial charge in [0.15, 0.2) is 6.17 Å². The van der Waals surface area contributed by atoms with Crippen LogP contribution in [0.15, 0.2) is 78.8 Å². The zero-order chi connectivity index (χ0) is 59.1. The van der Waals surface area contributed by atoms with Gasteiger partial charge >= 0.3 is 6.36 Å². The molecular formula is C56H68F4N10O11S. The number of alkyl halides is 4. The highest BCUT2D eigenvalue weighted by Crippen LogP contribution is 2.31. The van der Waals surface area contributed by atoms with Crippen LogP contribution in [-0.2, 0) is 53.0 Å². The standard InChI is InChI=1S/C56H68F4N10O11S/c1-34-49(82-33-66-34)37-11-7-36(8-12-37)27-63-52(76)44-26-39(71)29-70(44)54(77)50(55(2,3)4)67-47(73)16-20-78-22-23-79-21-17-62-46(72)6-5-18-68-31-43(65-32-68)38-25-41(51(61)75)53(64-28-38)80-45-15-19-69(30-42(45)57)48(74)24-35-9-13-40(14-10-35)81-56(58,59)60/h7-14,25,28,31-33,39,42,44-45,50,71H,5-6,15-24,26-27,29-30H2,1-4H3,(H2,61,75)(H,62,72)(H,63,76)(H,67,73)/t39-,42-,44+,45-,50-/m1/s1. The Morgan fingerprint density at radius 2 is 1.60 bits per heavy atom. The molecule has 21 nitrogen and oxygen atoms in total. The van der Waals surface area contributed by atoms with Gasteiger partial charge in [0.1, 0.15) is 29.5 Å². The fourth-order valence-electron chi connectivity index (χ4n) is 9.25. The van der Waals surface area contributed by atoms with E-state index in [1.165, 1.54) is 34.2 Å². The first-order chi connectivity index (χ1) is 39.0. The van der Waals surface area contributed by atoms with E-state index in [0.29, 0.717) is 29.8 Å². The minimum atomic E-state index is -4.85. The van der Waals surface area contributed by atoms with Crippen molar-refractivity contribution in [3.8, 4) is 33.3 Å². The van der Waals surface area contributed by atoms with Crippen molar-refractivity contribution in [3.05, 3.63) is 101 Å². The van der Waals surface area contributed by atoms with Gasteiger partial charge < -0.3 is 60.1 Å². The molecule has 442 valence electrons. The smallest absolute Gasteiger partial charge is 0.471 e. The van der Waals surface area contributed by atoms with Gasteiger partial charge in [0.2, 0.25) is 35.4 Å². The summed E-state index contributed by atoms with van der Waals surface area (Å²) in [6, 6.07) is 12.1. The van der Waals surface area contributed by atoms with Crippen molar-refractivity contribution < 1.29 is 70.4 Å². The molecule has 5 aromatic rings. The third-order valence-electron chi connectivity index (χ3n) is 13.6. The van der Waals surface area contributed by atoms with Gasteiger partial charge in [-0.05, 0) is 53.6 Å². The summed E-state index contributed by atoms with van der Waals surface area (Å²) in [6.07, 6.45) is -3.21. The third-order valence-corrected chi connectivity index (χ3v) is 14.6. The predicted molar refractivity (Wildman–Crippen MR) is 291 cm³/mol. The Bertz CT molecular complexity index is 2990. The van der Waals surface area contributed by atoms with Gasteiger partial charge in [0.25, 0.3) is 5.91 Å². The lowest BCUT2D eigenvalue weighted by atomic mass is 9.85. The van der Waals surface area contributed by atoms with Crippen molar-refractivity contribution in [2.75, 3.05) is 52.6 Å². The summed E-state index contributed by atoms with van der Waals surface area (Å²) in [6.45, 7) is 8.70. The molecule has 2 saturated heterocycles. The molecule has 5 atom stereocenters. The van der Waals surface area contributed by atoms with Crippen LogP contribution in [0.1, 0.15) is 80.1 Å². The summed E-state index contributed by atoms with van der Waals surface area (Å²) in [5, 5.41) is 19.1. The number of benzene rings is 2. The number of carbonyl (C=O) groups excluding carboxylic acids is 6. The van der Waals surface area contributed by atoms with Gasteiger partial charge in [0.05, 0.1) is 73.6 Å². The predicted octanol–water partition coefficient (Wildman–Crippen LogP) is 5.06. The lowest BCUT2D eigenvalue weighted by Crippen LogP contribution is -2.57. The second kappa shape index (κ2) is 28.4. The molecule has 6 amide bonds. The van der Waals surface area contributed by atoms with E-state index < -0.39 is 77.5 Å². The zero-order valence-electron chi connectivity index (χ0n) is 45.9. The van der Waals surface area contributed by atoms with Gasteiger partial charge in [-0.15, -0.1) is 24.5 Å². The number of pyridine rings is 1. The number of hydrogen-bond acceptors (Lipinski definition) is 15. The number of carbonyl (C=O) groups is 6. The molecule has 0 spiro atoms. The zero-order valence-corrected chi connectivity index (χ0v) is 46.7. The minimum Gasteiger partial charge on any atom is -0.471 e. The van der Waals surface area contributed by atoms with Crippen LogP contribution in [0.4, 0.5) is 17.6 Å². The van der Waals surface area contributed by atoms with E-state index in [-0.39, 0.29) is 109 Å². The first-order valence-electron chi connectivity index (χ1n) is 26.7. The van der Waals surface area contributed by atoms with Crippen molar-refractivity contribution in [2.45, 2.75) is 116 Å². The summed E-state index contributed by atoms with van der Waals surface area (Å²) in [5.74, 6) is -3.40. The van der Waals surface area contributed by atoms with E-state index in [4.69, 9.17) is 19.9 Å². The van der Waals surface area contributed by atoms with Crippen molar-refractivity contribution in [2.24, 2.45) is 11.1 Å². The molecule has 2 aliphatic heterocycles. The number of imidazole rings is 1. The summed E-state index contributed by atoms with van der Waals surface area (Å²) < 4.78 is 75.5. The van der Waals surface area contributed by atoms with E-state index in [1.54, 1.807) is 33.9 Å². The second-order valence-corrected chi connectivity index (χ2v) is 21.8. The number of rotatable bonds is 26. The van der Waals surface area contributed by atoms with Crippen LogP contribution in [0.25, 0.3) is 21.7 Å². The maximum absolute atomic E-state index is 15.4. The molecule has 5 heterocycles. The average molecular weight is 1170 g/mol. The van der Waals surface area contributed by atoms with Crippen LogP contribution in [0.5, 0.6) is 11.6 Å². The number of ether oxygens (including phenoxy) is 4. The van der Waals surface area contributed by atoms with Gasteiger partial charge in [-0.2, -0.15) is 0 Å². The van der Waals surface area contributed by atoms with Crippen LogP contribution in [0.3, 0.4) is 0 Å². The van der Waals surface area contributed by atoms with E-state index in [9.17, 15) is 47.0 Å². The van der Waals surface area contributed by atoms with Crippen LogP contribution in [-0.4, -0.2) is 159 Å². The van der Waals surface area contributed by atoms with Gasteiger partial charge in [0, 0.05) is 76.4 Å². The number of β-amino-alcohol motifs (C(OH)–C–C–N with tert-alkyl or cyclic N) is 1. The van der Waals surface area contributed by atoms with Crippen molar-refractivity contribution in [1.29, 1.82) is 0 Å². The second-order valence-electron chi connectivity index (χ2n) is 21.0. The summed E-state index contributed by atoms with van der Waals surface area (Å²) in [7, 11) is 0. The topological polar surface area (TPSA) is 272 Å². The Labute approximate surface area is 475 Å². The van der Waals surface area contributed by atoms with Crippen LogP contribution < -0.4 is 31.2 Å². The monoisotopic (exact) mass is 1160 g/mol. The normalized spacial score (nSPS) is 17.7.